The molecule has 4 N–H and O–H groups in total. The number of anilines is 1. The van der Waals surface area contributed by atoms with Gasteiger partial charge in [0.1, 0.15) is 6.23 Å². The van der Waals surface area contributed by atoms with Crippen LogP contribution in [-0.2, 0) is 4.79 Å². The SMILES string of the molecule is C=C(C)NC(=O)C/C(C)=C/CNC(O)c1cc(Br)cc(N(CC)C2CCNC[C@H]2C)c1C. The number of rotatable bonds is 10. The topological polar surface area (TPSA) is 76.6 Å². The van der Waals surface area contributed by atoms with Crippen molar-refractivity contribution in [3.8, 4) is 0 Å². The maximum absolute atomic E-state index is 11.9. The van der Waals surface area contributed by atoms with Gasteiger partial charge in [0.2, 0.25) is 5.91 Å². The van der Waals surface area contributed by atoms with Crippen LogP contribution in [0.5, 0.6) is 0 Å². The second-order valence-electron chi connectivity index (χ2n) is 8.83. The van der Waals surface area contributed by atoms with Crippen LogP contribution in [0.15, 0.2) is 40.5 Å². The Morgan fingerprint density at radius 3 is 2.78 bits per heavy atom. The zero-order valence-electron chi connectivity index (χ0n) is 20.1. The lowest BCUT2D eigenvalue weighted by atomic mass is 9.92. The van der Waals surface area contributed by atoms with E-state index in [1.165, 1.54) is 5.69 Å². The first-order chi connectivity index (χ1) is 15.1. The van der Waals surface area contributed by atoms with Crippen LogP contribution in [0.2, 0.25) is 0 Å². The van der Waals surface area contributed by atoms with E-state index >= 15 is 0 Å². The lowest BCUT2D eigenvalue weighted by molar-refractivity contribution is -0.119. The van der Waals surface area contributed by atoms with Crippen LogP contribution in [0.4, 0.5) is 5.69 Å². The van der Waals surface area contributed by atoms with Crippen LogP contribution >= 0.6 is 15.9 Å². The molecule has 32 heavy (non-hydrogen) atoms. The molecule has 3 atom stereocenters. The third kappa shape index (κ3) is 7.44. The second kappa shape index (κ2) is 12.5. The van der Waals surface area contributed by atoms with Crippen LogP contribution < -0.4 is 20.9 Å². The van der Waals surface area contributed by atoms with Crippen LogP contribution in [0, 0.1) is 12.8 Å². The van der Waals surface area contributed by atoms with Gasteiger partial charge in [-0.05, 0) is 70.8 Å². The Kier molecular flexibility index (Phi) is 10.4. The van der Waals surface area contributed by atoms with Crippen molar-refractivity contribution >= 4 is 27.5 Å². The van der Waals surface area contributed by atoms with E-state index in [0.29, 0.717) is 30.6 Å². The Morgan fingerprint density at radius 1 is 1.44 bits per heavy atom. The molecule has 0 saturated carbocycles. The van der Waals surface area contributed by atoms with Gasteiger partial charge in [-0.3, -0.25) is 10.1 Å². The highest BCUT2D eigenvalue weighted by Gasteiger charge is 2.28. The van der Waals surface area contributed by atoms with Gasteiger partial charge in [0, 0.05) is 47.0 Å². The average molecular weight is 508 g/mol. The molecule has 0 radical (unpaired) electrons. The van der Waals surface area contributed by atoms with Gasteiger partial charge >= 0.3 is 0 Å². The lowest BCUT2D eigenvalue weighted by Crippen LogP contribution is -2.49. The maximum atomic E-state index is 11.9. The second-order valence-corrected chi connectivity index (χ2v) is 9.74. The maximum Gasteiger partial charge on any atom is 0.228 e. The van der Waals surface area contributed by atoms with Crippen molar-refractivity contribution in [2.75, 3.05) is 31.1 Å². The van der Waals surface area contributed by atoms with Gasteiger partial charge in [0.25, 0.3) is 0 Å². The van der Waals surface area contributed by atoms with Gasteiger partial charge in [-0.15, -0.1) is 0 Å². The van der Waals surface area contributed by atoms with Crippen LogP contribution in [0.1, 0.15) is 57.9 Å². The number of aliphatic hydroxyl groups is 1. The van der Waals surface area contributed by atoms with E-state index in [2.05, 4.69) is 70.2 Å². The van der Waals surface area contributed by atoms with Gasteiger partial charge in [-0.25, -0.2) is 0 Å². The summed E-state index contributed by atoms with van der Waals surface area (Å²) in [5.41, 5.74) is 4.69. The number of allylic oxidation sites excluding steroid dienone is 1. The summed E-state index contributed by atoms with van der Waals surface area (Å²) >= 11 is 3.65. The first kappa shape index (κ1) is 26.6. The van der Waals surface area contributed by atoms with Gasteiger partial charge in [0.05, 0.1) is 0 Å². The number of aliphatic hydroxyl groups excluding tert-OH is 1. The molecule has 0 aliphatic carbocycles. The number of piperidine rings is 1. The first-order valence-corrected chi connectivity index (χ1v) is 12.2. The monoisotopic (exact) mass is 506 g/mol. The molecule has 1 amide bonds. The number of nitrogens with zero attached hydrogens (tertiary/aromatic N) is 1. The number of amides is 1. The molecule has 0 bridgehead atoms. The lowest BCUT2D eigenvalue weighted by Gasteiger charge is -2.41. The Bertz CT molecular complexity index is 839. The highest BCUT2D eigenvalue weighted by atomic mass is 79.9. The molecule has 1 heterocycles. The van der Waals surface area contributed by atoms with E-state index in [0.717, 1.165) is 47.2 Å². The third-order valence-electron chi connectivity index (χ3n) is 6.02. The van der Waals surface area contributed by atoms with Crippen molar-refractivity contribution in [3.05, 3.63) is 51.7 Å². The summed E-state index contributed by atoms with van der Waals surface area (Å²) in [7, 11) is 0. The molecule has 6 nitrogen and oxygen atoms in total. The fourth-order valence-corrected chi connectivity index (χ4v) is 4.84. The van der Waals surface area contributed by atoms with Gasteiger partial charge in [-0.2, -0.15) is 0 Å². The van der Waals surface area contributed by atoms with E-state index in [1.54, 1.807) is 6.92 Å². The molecule has 7 heteroatoms. The van der Waals surface area contributed by atoms with E-state index in [1.807, 2.05) is 19.1 Å². The zero-order valence-corrected chi connectivity index (χ0v) is 21.7. The number of halogens is 1. The minimum Gasteiger partial charge on any atom is -0.374 e. The smallest absolute Gasteiger partial charge is 0.228 e. The molecule has 0 aromatic heterocycles. The Hall–Kier alpha value is -1.67. The average Bonchev–Trinajstić information content (AvgIpc) is 2.71. The largest absolute Gasteiger partial charge is 0.374 e. The molecule has 2 unspecified atom stereocenters. The summed E-state index contributed by atoms with van der Waals surface area (Å²) in [6, 6.07) is 4.62. The van der Waals surface area contributed by atoms with Crippen LogP contribution in [0.25, 0.3) is 0 Å². The van der Waals surface area contributed by atoms with Gasteiger partial charge < -0.3 is 20.6 Å². The Labute approximate surface area is 201 Å². The van der Waals surface area contributed by atoms with E-state index in [9.17, 15) is 9.90 Å². The summed E-state index contributed by atoms with van der Waals surface area (Å²) in [6.07, 6.45) is 2.55. The van der Waals surface area contributed by atoms with E-state index in [4.69, 9.17) is 0 Å². The molecular formula is C25H39BrN4O2. The molecule has 1 saturated heterocycles. The van der Waals surface area contributed by atoms with Gasteiger partial charge in [0.15, 0.2) is 0 Å². The number of benzene rings is 1. The number of carbonyl (C=O) groups is 1. The fourth-order valence-electron chi connectivity index (χ4n) is 4.38. The quantitative estimate of drug-likeness (QED) is 0.283. The molecule has 1 aromatic carbocycles. The van der Waals surface area contributed by atoms with Crippen molar-refractivity contribution in [2.24, 2.45) is 5.92 Å². The van der Waals surface area contributed by atoms with Crippen molar-refractivity contribution in [1.82, 2.24) is 16.0 Å². The molecule has 178 valence electrons. The van der Waals surface area contributed by atoms with Crippen molar-refractivity contribution in [2.45, 2.75) is 59.7 Å². The first-order valence-electron chi connectivity index (χ1n) is 11.4. The summed E-state index contributed by atoms with van der Waals surface area (Å²) < 4.78 is 0.956. The highest BCUT2D eigenvalue weighted by molar-refractivity contribution is 9.10. The molecule has 1 aromatic rings. The molecule has 2 rings (SSSR count). The summed E-state index contributed by atoms with van der Waals surface area (Å²) in [6.45, 7) is 17.4. The fraction of sp³-hybridized carbons (Fsp3) is 0.560. The van der Waals surface area contributed by atoms with Crippen LogP contribution in [-0.4, -0.2) is 43.2 Å². The number of nitrogens with one attached hydrogen (secondary N) is 3. The summed E-state index contributed by atoms with van der Waals surface area (Å²) in [5.74, 6) is 0.481. The highest BCUT2D eigenvalue weighted by Crippen LogP contribution is 2.34. The summed E-state index contributed by atoms with van der Waals surface area (Å²) in [5, 5.41) is 20.3. The minimum absolute atomic E-state index is 0.0777. The van der Waals surface area contributed by atoms with Crippen molar-refractivity contribution < 1.29 is 9.90 Å². The van der Waals surface area contributed by atoms with Crippen molar-refractivity contribution in [3.63, 3.8) is 0 Å². The van der Waals surface area contributed by atoms with E-state index < -0.39 is 6.23 Å². The molecule has 1 aliphatic heterocycles. The standard InChI is InChI=1S/C25H39BrN4O2/c1-7-30(22-9-10-27-15-18(22)5)23-14-20(26)13-21(19(23)6)25(32)28-11-8-17(4)12-24(31)29-16(2)3/h8,13-14,18,22,25,27-28,32H,2,7,9-12,15H2,1,3-6H3,(H,29,31)/b17-8+/t18-,22?,25?/m1/s1. The zero-order chi connectivity index (χ0) is 23.8. The predicted molar refractivity (Wildman–Crippen MR) is 137 cm³/mol. The minimum atomic E-state index is -0.802. The predicted octanol–water partition coefficient (Wildman–Crippen LogP) is 4.15. The number of hydrogen-bond donors (Lipinski definition) is 4. The number of carbonyl (C=O) groups excluding carboxylic acids is 1. The summed E-state index contributed by atoms with van der Waals surface area (Å²) in [4.78, 5) is 14.3. The Balaban J connectivity index is 2.12. The van der Waals surface area contributed by atoms with Crippen molar-refractivity contribution in [1.29, 1.82) is 0 Å². The third-order valence-corrected chi connectivity index (χ3v) is 6.48. The normalized spacial score (nSPS) is 20.0. The Morgan fingerprint density at radius 2 is 2.16 bits per heavy atom. The van der Waals surface area contributed by atoms with Crippen LogP contribution in [0.3, 0.4) is 0 Å². The van der Waals surface area contributed by atoms with E-state index in [-0.39, 0.29) is 5.91 Å². The molecule has 0 spiro atoms. The molecule has 1 fully saturated rings. The number of hydrogen-bond acceptors (Lipinski definition) is 5. The molecule has 1 aliphatic rings. The molecular weight excluding hydrogens is 468 g/mol. The van der Waals surface area contributed by atoms with Gasteiger partial charge in [-0.1, -0.05) is 41.1 Å².